The van der Waals surface area contributed by atoms with E-state index in [1.54, 1.807) is 6.08 Å². The lowest BCUT2D eigenvalue weighted by Crippen LogP contribution is -2.72. The standard InChI is InChI=1S/C38H44O8/c1-20(2)10-9-15-36(8)16-14-24-29(39)28-30(40)26-18-23-19-27-35(6,7)46-37(33(23)41,17-13-22(5)34(42)43)38(26,27)45-32(28)25(31(24)44-36)12-11-21(3)4/h10-11,13-14,16,18,23,27,39H,9,12,15,17,19H2,1-8H3,(H,42,43)/b22-13+/t23-,27+,36+,37+,38-/m1/s1. The summed E-state index contributed by atoms with van der Waals surface area (Å²) < 4.78 is 20.6. The van der Waals surface area contributed by atoms with E-state index in [2.05, 4.69) is 19.9 Å². The van der Waals surface area contributed by atoms with Gasteiger partial charge >= 0.3 is 5.97 Å². The van der Waals surface area contributed by atoms with Crippen LogP contribution in [0.2, 0.25) is 0 Å². The average molecular weight is 629 g/mol. The summed E-state index contributed by atoms with van der Waals surface area (Å²) in [4.78, 5) is 40.8. The third kappa shape index (κ3) is 4.47. The van der Waals surface area contributed by atoms with Gasteiger partial charge in [-0.25, -0.2) is 4.79 Å². The molecule has 8 nitrogen and oxygen atoms in total. The predicted octanol–water partition coefficient (Wildman–Crippen LogP) is 7.24. The number of aromatic hydroxyl groups is 1. The Kier molecular flexibility index (Phi) is 7.36. The third-order valence-corrected chi connectivity index (χ3v) is 10.5. The average Bonchev–Trinajstić information content (AvgIpc) is 3.12. The van der Waals surface area contributed by atoms with Crippen molar-refractivity contribution in [2.75, 3.05) is 0 Å². The number of ether oxygens (including phenoxy) is 3. The second-order valence-electron chi connectivity index (χ2n) is 14.8. The van der Waals surface area contributed by atoms with Crippen LogP contribution in [0.15, 0.2) is 52.7 Å². The normalized spacial score (nSPS) is 31.2. The number of Topliss-reactive ketones (excluding diaryl/α,β-unsaturated/α-hetero) is 2. The molecule has 3 aliphatic heterocycles. The lowest BCUT2D eigenvalue weighted by molar-refractivity contribution is -0.171. The molecule has 2 fully saturated rings. The van der Waals surface area contributed by atoms with E-state index in [0.717, 1.165) is 12.0 Å². The van der Waals surface area contributed by atoms with Crippen LogP contribution in [-0.4, -0.2) is 50.2 Å². The maximum absolute atomic E-state index is 14.7. The number of hydrogen-bond acceptors (Lipinski definition) is 7. The van der Waals surface area contributed by atoms with Gasteiger partial charge in [0.25, 0.3) is 0 Å². The fourth-order valence-electron chi connectivity index (χ4n) is 8.17. The summed E-state index contributed by atoms with van der Waals surface area (Å²) in [5.41, 5.74) is -0.952. The van der Waals surface area contributed by atoms with Crippen LogP contribution in [-0.2, 0) is 20.7 Å². The van der Waals surface area contributed by atoms with E-state index < -0.39 is 40.1 Å². The molecule has 3 heterocycles. The summed E-state index contributed by atoms with van der Waals surface area (Å²) in [6, 6.07) is 0. The van der Waals surface area contributed by atoms with Crippen LogP contribution in [0.4, 0.5) is 0 Å². The summed E-state index contributed by atoms with van der Waals surface area (Å²) in [6.07, 6.45) is 13.4. The molecule has 5 atom stereocenters. The second-order valence-corrected chi connectivity index (χ2v) is 14.8. The van der Waals surface area contributed by atoms with Crippen LogP contribution in [0.1, 0.15) is 103 Å². The number of carbonyl (C=O) groups is 3. The van der Waals surface area contributed by atoms with Gasteiger partial charge in [0, 0.05) is 35.0 Å². The molecule has 4 bridgehead atoms. The molecule has 0 radical (unpaired) electrons. The molecular weight excluding hydrogens is 584 g/mol. The number of benzene rings is 1. The van der Waals surface area contributed by atoms with Crippen molar-refractivity contribution in [2.24, 2.45) is 11.8 Å². The number of hydrogen-bond donors (Lipinski definition) is 2. The van der Waals surface area contributed by atoms with Crippen LogP contribution in [0.5, 0.6) is 17.2 Å². The van der Waals surface area contributed by atoms with E-state index in [1.165, 1.54) is 18.6 Å². The maximum atomic E-state index is 14.7. The molecule has 1 saturated carbocycles. The largest absolute Gasteiger partial charge is 0.506 e. The van der Waals surface area contributed by atoms with Crippen molar-refractivity contribution in [3.05, 3.63) is 69.4 Å². The molecule has 6 aliphatic rings. The molecule has 2 N–H and O–H groups in total. The van der Waals surface area contributed by atoms with Crippen LogP contribution in [0.25, 0.3) is 6.08 Å². The van der Waals surface area contributed by atoms with Crippen LogP contribution < -0.4 is 9.47 Å². The molecule has 1 aromatic carbocycles. The Labute approximate surface area is 270 Å². The molecule has 7 rings (SSSR count). The zero-order valence-electron chi connectivity index (χ0n) is 28.0. The van der Waals surface area contributed by atoms with E-state index in [1.807, 2.05) is 52.8 Å². The highest BCUT2D eigenvalue weighted by atomic mass is 16.6. The van der Waals surface area contributed by atoms with E-state index in [9.17, 15) is 24.6 Å². The van der Waals surface area contributed by atoms with Crippen LogP contribution in [0.3, 0.4) is 0 Å². The number of carbonyl (C=O) groups excluding carboxylic acids is 2. The predicted molar refractivity (Wildman–Crippen MR) is 174 cm³/mol. The number of aliphatic carboxylic acids is 1. The number of rotatable bonds is 8. The molecule has 0 amide bonds. The first-order chi connectivity index (χ1) is 21.5. The summed E-state index contributed by atoms with van der Waals surface area (Å²) >= 11 is 0. The fourth-order valence-corrected chi connectivity index (χ4v) is 8.17. The number of ketones is 2. The Bertz CT molecular complexity index is 1730. The fraction of sp³-hybridized carbons (Fsp3) is 0.500. The van der Waals surface area contributed by atoms with Crippen molar-refractivity contribution < 1.29 is 38.8 Å². The Morgan fingerprint density at radius 2 is 1.70 bits per heavy atom. The zero-order valence-corrected chi connectivity index (χ0v) is 28.0. The molecule has 1 saturated heterocycles. The minimum absolute atomic E-state index is 0.0544. The van der Waals surface area contributed by atoms with Gasteiger partial charge in [0.15, 0.2) is 22.8 Å². The zero-order chi connectivity index (χ0) is 33.6. The maximum Gasteiger partial charge on any atom is 0.330 e. The smallest absolute Gasteiger partial charge is 0.330 e. The van der Waals surface area contributed by atoms with Gasteiger partial charge in [-0.2, -0.15) is 0 Å². The summed E-state index contributed by atoms with van der Waals surface area (Å²) in [7, 11) is 0. The van der Waals surface area contributed by atoms with Crippen molar-refractivity contribution in [1.29, 1.82) is 0 Å². The van der Waals surface area contributed by atoms with Crippen molar-refractivity contribution in [2.45, 2.75) is 110 Å². The molecule has 1 spiro atoms. The van der Waals surface area contributed by atoms with Gasteiger partial charge in [-0.1, -0.05) is 35.5 Å². The number of carboxylic acid groups (broad SMARTS) is 1. The summed E-state index contributed by atoms with van der Waals surface area (Å²) in [6.45, 7) is 15.4. The van der Waals surface area contributed by atoms with Gasteiger partial charge in [-0.05, 0) is 93.2 Å². The van der Waals surface area contributed by atoms with Gasteiger partial charge in [0.05, 0.1) is 11.2 Å². The van der Waals surface area contributed by atoms with Crippen molar-refractivity contribution in [3.8, 4) is 17.2 Å². The molecule has 244 valence electrons. The highest BCUT2D eigenvalue weighted by Gasteiger charge is 2.81. The van der Waals surface area contributed by atoms with E-state index in [4.69, 9.17) is 14.2 Å². The third-order valence-electron chi connectivity index (χ3n) is 10.5. The van der Waals surface area contributed by atoms with Crippen molar-refractivity contribution >= 4 is 23.6 Å². The Morgan fingerprint density at radius 3 is 2.35 bits per heavy atom. The molecule has 0 unspecified atom stereocenters. The molecule has 0 aromatic heterocycles. The lowest BCUT2D eigenvalue weighted by Gasteiger charge is -2.56. The number of fused-ring (bicyclic) bond motifs is 2. The Hall–Kier alpha value is -3.91. The molecule has 46 heavy (non-hydrogen) atoms. The molecule has 1 aromatic rings. The first kappa shape index (κ1) is 32.0. The highest BCUT2D eigenvalue weighted by Crippen LogP contribution is 2.68. The quantitative estimate of drug-likeness (QED) is 0.228. The Morgan fingerprint density at radius 1 is 1.00 bits per heavy atom. The van der Waals surface area contributed by atoms with E-state index in [-0.39, 0.29) is 40.8 Å². The highest BCUT2D eigenvalue weighted by molar-refractivity contribution is 6.19. The number of allylic oxidation sites excluding steroid dienone is 5. The molecule has 8 heteroatoms. The monoisotopic (exact) mass is 628 g/mol. The topological polar surface area (TPSA) is 119 Å². The second kappa shape index (κ2) is 10.6. The lowest BCUT2D eigenvalue weighted by atomic mass is 9.51. The van der Waals surface area contributed by atoms with Gasteiger partial charge in [0.1, 0.15) is 28.4 Å². The van der Waals surface area contributed by atoms with Crippen LogP contribution >= 0.6 is 0 Å². The van der Waals surface area contributed by atoms with Gasteiger partial charge in [-0.3, -0.25) is 9.59 Å². The first-order valence-corrected chi connectivity index (χ1v) is 16.2. The van der Waals surface area contributed by atoms with Crippen LogP contribution in [0, 0.1) is 11.8 Å². The SMILES string of the molecule is CC(C)=CCC[C@@]1(C)C=Cc2c(O)c3c(c(CC=C(C)C)c2O1)O[C@]12C(=C[C@@H]4C[C@H]1C(C)(C)O[C@@]2(C/C=C(\C)C(=O)O)C4=O)C3=O. The summed E-state index contributed by atoms with van der Waals surface area (Å²) in [5.74, 6) is -2.28. The van der Waals surface area contributed by atoms with E-state index in [0.29, 0.717) is 41.7 Å². The first-order valence-electron chi connectivity index (χ1n) is 16.2. The minimum Gasteiger partial charge on any atom is -0.506 e. The minimum atomic E-state index is -1.63. The van der Waals surface area contributed by atoms with Gasteiger partial charge in [-0.15, -0.1) is 0 Å². The van der Waals surface area contributed by atoms with Crippen molar-refractivity contribution in [3.63, 3.8) is 0 Å². The number of phenols is 1. The summed E-state index contributed by atoms with van der Waals surface area (Å²) in [5, 5.41) is 21.4. The molecule has 3 aliphatic carbocycles. The number of carboxylic acids is 1. The van der Waals surface area contributed by atoms with Gasteiger partial charge < -0.3 is 24.4 Å². The Balaban J connectivity index is 1.59. The van der Waals surface area contributed by atoms with E-state index >= 15 is 0 Å². The number of phenolic OH excluding ortho intramolecular Hbond substituents is 1. The molecular formula is C38H44O8. The van der Waals surface area contributed by atoms with Crippen molar-refractivity contribution in [1.82, 2.24) is 0 Å². The van der Waals surface area contributed by atoms with Gasteiger partial charge in [0.2, 0.25) is 0 Å².